The molecule has 0 radical (unpaired) electrons. The smallest absolute Gasteiger partial charge is 0.222 e. The average molecular weight is 354 g/mol. The van der Waals surface area contributed by atoms with E-state index in [0.29, 0.717) is 0 Å². The minimum absolute atomic E-state index is 0.135. The Hall–Kier alpha value is -2.82. The van der Waals surface area contributed by atoms with Crippen LogP contribution in [0.25, 0.3) is 0 Å². The molecule has 2 amide bonds. The first-order valence-electron chi connectivity index (χ1n) is 8.66. The molecule has 0 unspecified atom stereocenters. The number of nitrogens with one attached hydrogen (secondary N) is 2. The zero-order valence-electron chi connectivity index (χ0n) is 15.7. The average Bonchev–Trinajstić information content (AvgIpc) is 2.61. The molecule has 138 valence electrons. The molecule has 0 bridgehead atoms. The van der Waals surface area contributed by atoms with Gasteiger partial charge in [0.1, 0.15) is 5.75 Å². The number of amides is 2. The maximum atomic E-state index is 12.6. The Bertz CT molecular complexity index is 759. The number of benzene rings is 2. The van der Waals surface area contributed by atoms with Crippen LogP contribution >= 0.6 is 0 Å². The van der Waals surface area contributed by atoms with Crippen molar-refractivity contribution in [1.82, 2.24) is 10.6 Å². The monoisotopic (exact) mass is 354 g/mol. The fourth-order valence-electron chi connectivity index (χ4n) is 2.94. The van der Waals surface area contributed by atoms with E-state index in [4.69, 9.17) is 4.74 Å². The van der Waals surface area contributed by atoms with E-state index < -0.39 is 0 Å². The molecule has 2 atom stereocenters. The summed E-state index contributed by atoms with van der Waals surface area (Å²) in [6.07, 6.45) is 0.169. The molecule has 0 fully saturated rings. The van der Waals surface area contributed by atoms with Crippen molar-refractivity contribution < 1.29 is 14.3 Å². The Balaban J connectivity index is 2.10. The zero-order chi connectivity index (χ0) is 19.1. The van der Waals surface area contributed by atoms with Crippen molar-refractivity contribution in [3.63, 3.8) is 0 Å². The first-order valence-corrected chi connectivity index (χ1v) is 8.66. The molecule has 5 nitrogen and oxygen atoms in total. The predicted octanol–water partition coefficient (Wildman–Crippen LogP) is 3.45. The van der Waals surface area contributed by atoms with Crippen LogP contribution in [-0.2, 0) is 9.59 Å². The number of aryl methyl sites for hydroxylation is 1. The van der Waals surface area contributed by atoms with E-state index >= 15 is 0 Å². The van der Waals surface area contributed by atoms with Crippen LogP contribution in [0.2, 0.25) is 0 Å². The third-order valence-electron chi connectivity index (χ3n) is 4.20. The summed E-state index contributed by atoms with van der Waals surface area (Å²) in [4.78, 5) is 24.1. The van der Waals surface area contributed by atoms with Gasteiger partial charge in [0.05, 0.1) is 25.6 Å². The summed E-state index contributed by atoms with van der Waals surface area (Å²) >= 11 is 0. The van der Waals surface area contributed by atoms with Crippen LogP contribution in [0.15, 0.2) is 48.5 Å². The van der Waals surface area contributed by atoms with Gasteiger partial charge in [-0.1, -0.05) is 48.0 Å². The van der Waals surface area contributed by atoms with Crippen molar-refractivity contribution in [1.29, 1.82) is 0 Å². The van der Waals surface area contributed by atoms with E-state index in [1.807, 2.05) is 62.4 Å². The van der Waals surface area contributed by atoms with Crippen LogP contribution in [0.5, 0.6) is 5.75 Å². The van der Waals surface area contributed by atoms with E-state index in [2.05, 4.69) is 10.6 Å². The molecule has 2 rings (SSSR count). The highest BCUT2D eigenvalue weighted by Crippen LogP contribution is 2.26. The predicted molar refractivity (Wildman–Crippen MR) is 102 cm³/mol. The van der Waals surface area contributed by atoms with Crippen LogP contribution < -0.4 is 15.4 Å². The number of hydrogen-bond acceptors (Lipinski definition) is 3. The molecule has 5 heteroatoms. The second kappa shape index (κ2) is 9.04. The van der Waals surface area contributed by atoms with Gasteiger partial charge in [-0.2, -0.15) is 0 Å². The van der Waals surface area contributed by atoms with Crippen molar-refractivity contribution in [2.75, 3.05) is 7.11 Å². The lowest BCUT2D eigenvalue weighted by Crippen LogP contribution is -2.33. The Morgan fingerprint density at radius 1 is 1.08 bits per heavy atom. The topological polar surface area (TPSA) is 67.4 Å². The van der Waals surface area contributed by atoms with Gasteiger partial charge in [-0.15, -0.1) is 0 Å². The number of hydrogen-bond donors (Lipinski definition) is 2. The Labute approximate surface area is 154 Å². The van der Waals surface area contributed by atoms with Gasteiger partial charge in [0.2, 0.25) is 11.8 Å². The molecule has 0 aromatic heterocycles. The normalized spacial score (nSPS) is 12.8. The third-order valence-corrected chi connectivity index (χ3v) is 4.20. The van der Waals surface area contributed by atoms with Crippen LogP contribution in [0.4, 0.5) is 0 Å². The quantitative estimate of drug-likeness (QED) is 0.800. The number of ether oxygens (including phenoxy) is 1. The molecular weight excluding hydrogens is 328 g/mol. The lowest BCUT2D eigenvalue weighted by molar-refractivity contribution is -0.123. The maximum absolute atomic E-state index is 12.6. The van der Waals surface area contributed by atoms with E-state index in [0.717, 1.165) is 22.4 Å². The van der Waals surface area contributed by atoms with Gasteiger partial charge in [0.25, 0.3) is 0 Å². The van der Waals surface area contributed by atoms with E-state index in [9.17, 15) is 9.59 Å². The maximum Gasteiger partial charge on any atom is 0.222 e. The first-order chi connectivity index (χ1) is 12.4. The van der Waals surface area contributed by atoms with Crippen molar-refractivity contribution in [3.8, 4) is 5.75 Å². The van der Waals surface area contributed by atoms with Crippen molar-refractivity contribution in [2.45, 2.75) is 39.3 Å². The summed E-state index contributed by atoms with van der Waals surface area (Å²) in [5.74, 6) is 0.439. The molecule has 2 N–H and O–H groups in total. The first kappa shape index (κ1) is 19.5. The summed E-state index contributed by atoms with van der Waals surface area (Å²) in [5.41, 5.74) is 2.93. The highest BCUT2D eigenvalue weighted by atomic mass is 16.5. The standard InChI is InChI=1S/C21H26N2O3/c1-14-10-11-20(26-4)18(12-14)15(2)22-21(25)13-19(23-16(3)24)17-8-6-5-7-9-17/h5-12,15,19H,13H2,1-4H3,(H,22,25)(H,23,24)/t15-,19+/m1/s1. The second-order valence-corrected chi connectivity index (χ2v) is 6.40. The van der Waals surface area contributed by atoms with Gasteiger partial charge in [-0.25, -0.2) is 0 Å². The van der Waals surface area contributed by atoms with E-state index in [1.165, 1.54) is 6.92 Å². The molecule has 0 aliphatic heterocycles. The summed E-state index contributed by atoms with van der Waals surface area (Å²) < 4.78 is 5.40. The minimum Gasteiger partial charge on any atom is -0.496 e. The molecule has 26 heavy (non-hydrogen) atoms. The van der Waals surface area contributed by atoms with Gasteiger partial charge in [-0.3, -0.25) is 9.59 Å². The van der Waals surface area contributed by atoms with Crippen molar-refractivity contribution in [3.05, 3.63) is 65.2 Å². The van der Waals surface area contributed by atoms with Gasteiger partial charge >= 0.3 is 0 Å². The lowest BCUT2D eigenvalue weighted by atomic mass is 10.0. The van der Waals surface area contributed by atoms with Crippen LogP contribution in [-0.4, -0.2) is 18.9 Å². The molecule has 0 aliphatic rings. The lowest BCUT2D eigenvalue weighted by Gasteiger charge is -2.21. The van der Waals surface area contributed by atoms with Crippen LogP contribution in [0, 0.1) is 6.92 Å². The highest BCUT2D eigenvalue weighted by Gasteiger charge is 2.20. The number of rotatable bonds is 7. The summed E-state index contributed by atoms with van der Waals surface area (Å²) in [5, 5.41) is 5.85. The van der Waals surface area contributed by atoms with Gasteiger partial charge in [0.15, 0.2) is 0 Å². The van der Waals surface area contributed by atoms with Crippen molar-refractivity contribution >= 4 is 11.8 Å². The molecule has 0 heterocycles. The van der Waals surface area contributed by atoms with Crippen LogP contribution in [0.1, 0.15) is 49.0 Å². The fraction of sp³-hybridized carbons (Fsp3) is 0.333. The molecule has 2 aromatic rings. The van der Waals surface area contributed by atoms with Gasteiger partial charge < -0.3 is 15.4 Å². The van der Waals surface area contributed by atoms with Gasteiger partial charge in [0, 0.05) is 12.5 Å². The molecule has 0 aliphatic carbocycles. The van der Waals surface area contributed by atoms with Crippen molar-refractivity contribution in [2.24, 2.45) is 0 Å². The Morgan fingerprint density at radius 3 is 2.38 bits per heavy atom. The summed E-state index contributed by atoms with van der Waals surface area (Å²) in [7, 11) is 1.62. The Kier molecular flexibility index (Phi) is 6.78. The second-order valence-electron chi connectivity index (χ2n) is 6.40. The number of methoxy groups -OCH3 is 1. The van der Waals surface area contributed by atoms with Crippen LogP contribution in [0.3, 0.4) is 0 Å². The van der Waals surface area contributed by atoms with Gasteiger partial charge in [-0.05, 0) is 25.5 Å². The number of carbonyl (C=O) groups is 2. The number of carbonyl (C=O) groups excluding carboxylic acids is 2. The molecule has 2 aromatic carbocycles. The SMILES string of the molecule is COc1ccc(C)cc1[C@@H](C)NC(=O)C[C@H](NC(C)=O)c1ccccc1. The fourth-order valence-corrected chi connectivity index (χ4v) is 2.94. The van der Waals surface area contributed by atoms with E-state index in [1.54, 1.807) is 7.11 Å². The summed E-state index contributed by atoms with van der Waals surface area (Å²) in [6.45, 7) is 5.37. The molecule has 0 spiro atoms. The Morgan fingerprint density at radius 2 is 1.77 bits per heavy atom. The van der Waals surface area contributed by atoms with E-state index in [-0.39, 0.29) is 30.3 Å². The molecular formula is C21H26N2O3. The zero-order valence-corrected chi connectivity index (χ0v) is 15.7. The third kappa shape index (κ3) is 5.34. The molecule has 0 saturated heterocycles. The highest BCUT2D eigenvalue weighted by molar-refractivity contribution is 5.79. The largest absolute Gasteiger partial charge is 0.496 e. The summed E-state index contributed by atoms with van der Waals surface area (Å²) in [6, 6.07) is 14.8. The molecule has 0 saturated carbocycles. The minimum atomic E-state index is -0.361.